The summed E-state index contributed by atoms with van der Waals surface area (Å²) in [5.74, 6) is 0.422. The zero-order valence-electron chi connectivity index (χ0n) is 16.8. The second-order valence-electron chi connectivity index (χ2n) is 7.58. The molecule has 3 aromatic rings. The lowest BCUT2D eigenvalue weighted by atomic mass is 9.89. The standard InChI is InChI=1S/C24H18BrNO5S/c25-16-5-7-20-19(11-16)24(29,23(28)26(20)13-18-2-1-9-32-18)12-17(27)6-3-15-4-8-21-22(10-15)31-14-30-21/h1-11,29H,12-14H2/b6-3+. The molecule has 162 valence electrons. The summed E-state index contributed by atoms with van der Waals surface area (Å²) in [6, 6.07) is 14.5. The van der Waals surface area contributed by atoms with E-state index in [9.17, 15) is 14.7 Å². The minimum absolute atomic E-state index is 0.174. The molecule has 5 rings (SSSR count). The number of amides is 1. The quantitative estimate of drug-likeness (QED) is 0.487. The second kappa shape index (κ2) is 8.20. The number of halogens is 1. The van der Waals surface area contributed by atoms with Crippen LogP contribution >= 0.6 is 27.3 Å². The van der Waals surface area contributed by atoms with Gasteiger partial charge in [0, 0.05) is 14.9 Å². The number of carbonyl (C=O) groups excluding carboxylic acids is 2. The summed E-state index contributed by atoms with van der Waals surface area (Å²) in [7, 11) is 0. The minimum Gasteiger partial charge on any atom is -0.454 e. The molecule has 2 aromatic carbocycles. The lowest BCUT2D eigenvalue weighted by molar-refractivity contribution is -0.140. The van der Waals surface area contributed by atoms with Crippen molar-refractivity contribution in [2.75, 3.05) is 11.7 Å². The third kappa shape index (κ3) is 3.74. The predicted octanol–water partition coefficient (Wildman–Crippen LogP) is 4.65. The van der Waals surface area contributed by atoms with E-state index in [1.54, 1.807) is 35.2 Å². The van der Waals surface area contributed by atoms with Crippen molar-refractivity contribution in [1.29, 1.82) is 0 Å². The Morgan fingerprint density at radius 3 is 2.84 bits per heavy atom. The first-order valence-electron chi connectivity index (χ1n) is 9.91. The largest absolute Gasteiger partial charge is 0.454 e. The van der Waals surface area contributed by atoms with E-state index in [0.29, 0.717) is 29.3 Å². The molecule has 1 unspecified atom stereocenters. The van der Waals surface area contributed by atoms with E-state index < -0.39 is 11.5 Å². The molecular weight excluding hydrogens is 494 g/mol. The first-order chi connectivity index (χ1) is 15.4. The van der Waals surface area contributed by atoms with Crippen LogP contribution in [-0.2, 0) is 21.7 Å². The third-order valence-electron chi connectivity index (χ3n) is 5.48. The molecular formula is C24H18BrNO5S. The number of ketones is 1. The molecule has 6 nitrogen and oxygen atoms in total. The summed E-state index contributed by atoms with van der Waals surface area (Å²) < 4.78 is 11.4. The van der Waals surface area contributed by atoms with E-state index in [-0.39, 0.29) is 19.0 Å². The summed E-state index contributed by atoms with van der Waals surface area (Å²) in [5.41, 5.74) is -0.123. The van der Waals surface area contributed by atoms with Crippen LogP contribution in [0.4, 0.5) is 5.69 Å². The number of aliphatic hydroxyl groups is 1. The average molecular weight is 512 g/mol. The molecule has 1 aromatic heterocycles. The number of nitrogens with zero attached hydrogens (tertiary/aromatic N) is 1. The van der Waals surface area contributed by atoms with Crippen molar-refractivity contribution >= 4 is 50.7 Å². The van der Waals surface area contributed by atoms with Crippen molar-refractivity contribution in [3.63, 3.8) is 0 Å². The minimum atomic E-state index is -1.92. The molecule has 0 radical (unpaired) electrons. The first kappa shape index (κ1) is 20.9. The molecule has 1 N–H and O–H groups in total. The zero-order chi connectivity index (χ0) is 22.3. The van der Waals surface area contributed by atoms with Crippen molar-refractivity contribution in [1.82, 2.24) is 0 Å². The smallest absolute Gasteiger partial charge is 0.264 e. The Bertz CT molecular complexity index is 1240. The normalized spacial score (nSPS) is 19.1. The van der Waals surface area contributed by atoms with Crippen LogP contribution in [0.3, 0.4) is 0 Å². The van der Waals surface area contributed by atoms with Crippen LogP contribution in [-0.4, -0.2) is 23.6 Å². The number of benzene rings is 2. The monoisotopic (exact) mass is 511 g/mol. The van der Waals surface area contributed by atoms with Gasteiger partial charge in [0.2, 0.25) is 6.79 Å². The van der Waals surface area contributed by atoms with E-state index in [4.69, 9.17) is 9.47 Å². The van der Waals surface area contributed by atoms with Gasteiger partial charge in [-0.2, -0.15) is 0 Å². The Hall–Kier alpha value is -2.94. The fourth-order valence-electron chi connectivity index (χ4n) is 3.93. The SMILES string of the molecule is O=C(/C=C/c1ccc2c(c1)OCO2)CC1(O)C(=O)N(Cc2cccs2)c2ccc(Br)cc21. The van der Waals surface area contributed by atoms with Crippen molar-refractivity contribution in [2.24, 2.45) is 0 Å². The fourth-order valence-corrected chi connectivity index (χ4v) is 4.98. The lowest BCUT2D eigenvalue weighted by Crippen LogP contribution is -2.41. The first-order valence-corrected chi connectivity index (χ1v) is 11.6. The predicted molar refractivity (Wildman–Crippen MR) is 125 cm³/mol. The number of anilines is 1. The zero-order valence-corrected chi connectivity index (χ0v) is 19.2. The molecule has 0 saturated carbocycles. The Kier molecular flexibility index (Phi) is 5.36. The maximum Gasteiger partial charge on any atom is 0.264 e. The average Bonchev–Trinajstić information content (AvgIpc) is 3.50. The van der Waals surface area contributed by atoms with Crippen LogP contribution in [0.15, 0.2) is 64.5 Å². The number of fused-ring (bicyclic) bond motifs is 2. The van der Waals surface area contributed by atoms with E-state index in [1.165, 1.54) is 17.4 Å². The van der Waals surface area contributed by atoms with Crippen LogP contribution in [0.2, 0.25) is 0 Å². The number of ether oxygens (including phenoxy) is 2. The van der Waals surface area contributed by atoms with Crippen LogP contribution in [0.25, 0.3) is 6.08 Å². The highest BCUT2D eigenvalue weighted by atomic mass is 79.9. The summed E-state index contributed by atoms with van der Waals surface area (Å²) in [5, 5.41) is 13.4. The van der Waals surface area contributed by atoms with Gasteiger partial charge in [0.25, 0.3) is 5.91 Å². The maximum atomic E-state index is 13.3. The summed E-state index contributed by atoms with van der Waals surface area (Å²) in [6.07, 6.45) is 2.66. The number of thiophene rings is 1. The number of hydrogen-bond donors (Lipinski definition) is 1. The van der Waals surface area contributed by atoms with E-state index in [2.05, 4.69) is 15.9 Å². The lowest BCUT2D eigenvalue weighted by Gasteiger charge is -2.22. The van der Waals surface area contributed by atoms with Gasteiger partial charge in [0.15, 0.2) is 22.9 Å². The maximum absolute atomic E-state index is 13.3. The van der Waals surface area contributed by atoms with Gasteiger partial charge in [-0.15, -0.1) is 11.3 Å². The molecule has 0 spiro atoms. The highest BCUT2D eigenvalue weighted by molar-refractivity contribution is 9.10. The van der Waals surface area contributed by atoms with Gasteiger partial charge in [-0.25, -0.2) is 0 Å². The van der Waals surface area contributed by atoms with Gasteiger partial charge in [0.1, 0.15) is 0 Å². The number of carbonyl (C=O) groups is 2. The highest BCUT2D eigenvalue weighted by Gasteiger charge is 2.50. The second-order valence-corrected chi connectivity index (χ2v) is 9.53. The Labute approximate surface area is 196 Å². The highest BCUT2D eigenvalue weighted by Crippen LogP contribution is 2.44. The molecule has 0 saturated heterocycles. The van der Waals surface area contributed by atoms with Crippen molar-refractivity contribution in [3.8, 4) is 11.5 Å². The molecule has 2 aliphatic rings. The molecule has 3 heterocycles. The Morgan fingerprint density at radius 2 is 2.03 bits per heavy atom. The van der Waals surface area contributed by atoms with Gasteiger partial charge in [-0.3, -0.25) is 9.59 Å². The summed E-state index contributed by atoms with van der Waals surface area (Å²) in [4.78, 5) is 28.6. The van der Waals surface area contributed by atoms with Gasteiger partial charge in [0.05, 0.1) is 18.7 Å². The van der Waals surface area contributed by atoms with Crippen LogP contribution < -0.4 is 14.4 Å². The molecule has 0 fully saturated rings. The number of hydrogen-bond acceptors (Lipinski definition) is 6. The summed E-state index contributed by atoms with van der Waals surface area (Å²) in [6.45, 7) is 0.516. The Balaban J connectivity index is 1.40. The van der Waals surface area contributed by atoms with Gasteiger partial charge >= 0.3 is 0 Å². The molecule has 0 bridgehead atoms. The van der Waals surface area contributed by atoms with Gasteiger partial charge in [-0.05, 0) is 53.4 Å². The fraction of sp³-hybridized carbons (Fsp3) is 0.167. The van der Waals surface area contributed by atoms with Gasteiger partial charge < -0.3 is 19.5 Å². The molecule has 1 atom stereocenters. The van der Waals surface area contributed by atoms with Gasteiger partial charge in [-0.1, -0.05) is 34.1 Å². The molecule has 32 heavy (non-hydrogen) atoms. The van der Waals surface area contributed by atoms with Crippen molar-refractivity contribution in [3.05, 3.63) is 80.5 Å². The molecule has 8 heteroatoms. The number of allylic oxidation sites excluding steroid dienone is 1. The van der Waals surface area contributed by atoms with Crippen molar-refractivity contribution < 1.29 is 24.2 Å². The van der Waals surface area contributed by atoms with Crippen molar-refractivity contribution in [2.45, 2.75) is 18.6 Å². The summed E-state index contributed by atoms with van der Waals surface area (Å²) >= 11 is 4.94. The molecule has 0 aliphatic carbocycles. The van der Waals surface area contributed by atoms with E-state index in [1.807, 2.05) is 29.6 Å². The van der Waals surface area contributed by atoms with Crippen LogP contribution in [0.5, 0.6) is 11.5 Å². The van der Waals surface area contributed by atoms with Crippen LogP contribution in [0.1, 0.15) is 22.4 Å². The number of rotatable bonds is 6. The topological polar surface area (TPSA) is 76.1 Å². The molecule has 2 aliphatic heterocycles. The molecule has 1 amide bonds. The third-order valence-corrected chi connectivity index (χ3v) is 6.83. The Morgan fingerprint density at radius 1 is 1.19 bits per heavy atom. The van der Waals surface area contributed by atoms with Crippen LogP contribution in [0, 0.1) is 0 Å². The van der Waals surface area contributed by atoms with E-state index in [0.717, 1.165) is 14.9 Å². The van der Waals surface area contributed by atoms with E-state index >= 15 is 0 Å².